The maximum atomic E-state index is 12.0. The highest BCUT2D eigenvalue weighted by Gasteiger charge is 2.23. The van der Waals surface area contributed by atoms with Crippen molar-refractivity contribution in [3.63, 3.8) is 0 Å². The molecule has 0 saturated carbocycles. The molecule has 8 heteroatoms. The van der Waals surface area contributed by atoms with Crippen LogP contribution in [0.15, 0.2) is 12.2 Å². The lowest BCUT2D eigenvalue weighted by Gasteiger charge is -2.18. The zero-order chi connectivity index (χ0) is 20.6. The van der Waals surface area contributed by atoms with E-state index in [9.17, 15) is 14.4 Å². The smallest absolute Gasteiger partial charge is 0.253 e. The molecular weight excluding hydrogens is 366 g/mol. The van der Waals surface area contributed by atoms with E-state index in [4.69, 9.17) is 19.7 Å². The van der Waals surface area contributed by atoms with Crippen molar-refractivity contribution >= 4 is 17.6 Å². The first-order valence-electron chi connectivity index (χ1n) is 10.1. The number of imide groups is 1. The predicted octanol–water partition coefficient (Wildman–Crippen LogP) is 1.34. The lowest BCUT2D eigenvalue weighted by molar-refractivity contribution is -0.148. The number of rotatable bonds is 18. The Morgan fingerprint density at radius 1 is 0.857 bits per heavy atom. The minimum absolute atomic E-state index is 0.0248. The van der Waals surface area contributed by atoms with Gasteiger partial charge < -0.3 is 19.7 Å². The first-order valence-corrected chi connectivity index (χ1v) is 10.1. The van der Waals surface area contributed by atoms with Gasteiger partial charge in [0.05, 0.1) is 0 Å². The molecule has 0 aromatic heterocycles. The number of aliphatic hydroxyl groups excluding tert-OH is 2. The Hall–Kier alpha value is -1.61. The van der Waals surface area contributed by atoms with Crippen molar-refractivity contribution in [2.75, 3.05) is 33.0 Å². The molecule has 0 aromatic carbocycles. The number of Topliss-reactive ketones (excluding diaryl/α,β-unsaturated/α-hetero) is 1. The number of amides is 2. The van der Waals surface area contributed by atoms with Crippen LogP contribution in [0.1, 0.15) is 57.8 Å². The molecule has 0 radical (unpaired) electrons. The van der Waals surface area contributed by atoms with Crippen molar-refractivity contribution in [3.05, 3.63) is 12.2 Å². The van der Waals surface area contributed by atoms with Gasteiger partial charge >= 0.3 is 0 Å². The molecule has 1 aliphatic heterocycles. The average Bonchev–Trinajstić information content (AvgIpc) is 3.01. The van der Waals surface area contributed by atoms with Crippen molar-refractivity contribution in [2.24, 2.45) is 0 Å². The van der Waals surface area contributed by atoms with E-state index in [-0.39, 0.29) is 50.1 Å². The number of hydrogen-bond acceptors (Lipinski definition) is 7. The van der Waals surface area contributed by atoms with Crippen LogP contribution in [-0.4, -0.2) is 72.0 Å². The van der Waals surface area contributed by atoms with E-state index in [1.165, 1.54) is 12.2 Å². The Morgan fingerprint density at radius 3 is 1.96 bits per heavy atom. The van der Waals surface area contributed by atoms with E-state index in [0.29, 0.717) is 45.3 Å². The lowest BCUT2D eigenvalue weighted by atomic mass is 10.1. The molecule has 0 atom stereocenters. The molecule has 1 heterocycles. The summed E-state index contributed by atoms with van der Waals surface area (Å²) in [5.74, 6) is -0.702. The fraction of sp³-hybridized carbons (Fsp3) is 0.750. The first kappa shape index (κ1) is 24.4. The summed E-state index contributed by atoms with van der Waals surface area (Å²) in [6.07, 6.45) is 7.66. The number of nitrogens with zero attached hydrogens (tertiary/aromatic N) is 1. The second-order valence-corrected chi connectivity index (χ2v) is 6.73. The summed E-state index contributed by atoms with van der Waals surface area (Å²) < 4.78 is 11.4. The number of carbonyl (C=O) groups is 3. The van der Waals surface area contributed by atoms with Gasteiger partial charge in [-0.15, -0.1) is 0 Å². The minimum atomic E-state index is -0.364. The zero-order valence-corrected chi connectivity index (χ0v) is 16.5. The Balaban J connectivity index is 2.18. The number of carbonyl (C=O) groups excluding carboxylic acids is 3. The number of ketones is 1. The first-order chi connectivity index (χ1) is 13.6. The molecule has 28 heavy (non-hydrogen) atoms. The van der Waals surface area contributed by atoms with Crippen LogP contribution >= 0.6 is 0 Å². The molecule has 1 rings (SSSR count). The summed E-state index contributed by atoms with van der Waals surface area (Å²) in [5, 5.41) is 17.6. The van der Waals surface area contributed by atoms with Crippen LogP contribution < -0.4 is 0 Å². The molecule has 0 bridgehead atoms. The predicted molar refractivity (Wildman–Crippen MR) is 102 cm³/mol. The quantitative estimate of drug-likeness (QED) is 0.203. The second kappa shape index (κ2) is 15.3. The second-order valence-electron chi connectivity index (χ2n) is 6.73. The van der Waals surface area contributed by atoms with Crippen LogP contribution in [0.4, 0.5) is 0 Å². The zero-order valence-electron chi connectivity index (χ0n) is 16.5. The van der Waals surface area contributed by atoms with E-state index >= 15 is 0 Å². The van der Waals surface area contributed by atoms with Crippen molar-refractivity contribution in [1.29, 1.82) is 0 Å². The van der Waals surface area contributed by atoms with Crippen LogP contribution in [0, 0.1) is 0 Å². The summed E-state index contributed by atoms with van der Waals surface area (Å²) in [6.45, 7) is 1.43. The highest BCUT2D eigenvalue weighted by molar-refractivity contribution is 6.13. The van der Waals surface area contributed by atoms with Gasteiger partial charge in [-0.05, 0) is 44.9 Å². The lowest BCUT2D eigenvalue weighted by Crippen LogP contribution is -2.32. The Kier molecular flexibility index (Phi) is 13.4. The number of aliphatic hydroxyl groups is 2. The van der Waals surface area contributed by atoms with Gasteiger partial charge in [0.15, 0.2) is 6.29 Å². The van der Waals surface area contributed by atoms with Gasteiger partial charge in [0.1, 0.15) is 5.78 Å². The Morgan fingerprint density at radius 2 is 1.43 bits per heavy atom. The highest BCUT2D eigenvalue weighted by atomic mass is 16.7. The molecule has 0 unspecified atom stereocenters. The summed E-state index contributed by atoms with van der Waals surface area (Å²) in [4.78, 5) is 35.9. The fourth-order valence-electron chi connectivity index (χ4n) is 2.72. The van der Waals surface area contributed by atoms with Crippen LogP contribution in [-0.2, 0) is 23.9 Å². The number of unbranched alkanes of at least 4 members (excludes halogenated alkanes) is 3. The summed E-state index contributed by atoms with van der Waals surface area (Å²) >= 11 is 0. The molecule has 0 aliphatic carbocycles. The Bertz CT molecular complexity index is 477. The number of ether oxygens (including phenoxy) is 2. The van der Waals surface area contributed by atoms with Gasteiger partial charge in [-0.2, -0.15) is 0 Å². The van der Waals surface area contributed by atoms with Crippen LogP contribution in [0.3, 0.4) is 0 Å². The van der Waals surface area contributed by atoms with Crippen LogP contribution in [0.2, 0.25) is 0 Å². The topological polar surface area (TPSA) is 113 Å². The van der Waals surface area contributed by atoms with Gasteiger partial charge in [-0.1, -0.05) is 0 Å². The molecule has 0 fully saturated rings. The largest absolute Gasteiger partial charge is 0.396 e. The molecule has 8 nitrogen and oxygen atoms in total. The molecule has 160 valence electrons. The Labute approximate surface area is 166 Å². The van der Waals surface area contributed by atoms with E-state index < -0.39 is 0 Å². The van der Waals surface area contributed by atoms with Crippen LogP contribution in [0.25, 0.3) is 0 Å². The SMILES string of the molecule is O=C(CCCCC(OCCCCO)OCCCCO)CCN1C(=O)C=CC1=O. The van der Waals surface area contributed by atoms with Crippen molar-refractivity contribution < 1.29 is 34.1 Å². The third kappa shape index (κ3) is 10.7. The summed E-state index contributed by atoms with van der Waals surface area (Å²) in [7, 11) is 0. The van der Waals surface area contributed by atoms with Gasteiger partial charge in [0.2, 0.25) is 0 Å². The summed E-state index contributed by atoms with van der Waals surface area (Å²) in [5.41, 5.74) is 0. The normalized spacial score (nSPS) is 13.9. The molecule has 2 N–H and O–H groups in total. The maximum Gasteiger partial charge on any atom is 0.253 e. The highest BCUT2D eigenvalue weighted by Crippen LogP contribution is 2.12. The van der Waals surface area contributed by atoms with Crippen molar-refractivity contribution in [3.8, 4) is 0 Å². The molecule has 0 spiro atoms. The van der Waals surface area contributed by atoms with Gasteiger partial charge in [0, 0.05) is 58.0 Å². The van der Waals surface area contributed by atoms with Crippen LogP contribution in [0.5, 0.6) is 0 Å². The number of hydrogen-bond donors (Lipinski definition) is 2. The van der Waals surface area contributed by atoms with Gasteiger partial charge in [-0.3, -0.25) is 19.3 Å². The van der Waals surface area contributed by atoms with Gasteiger partial charge in [-0.25, -0.2) is 0 Å². The third-order valence-corrected chi connectivity index (χ3v) is 4.37. The summed E-state index contributed by atoms with van der Waals surface area (Å²) in [6, 6.07) is 0. The molecule has 0 aromatic rings. The average molecular weight is 399 g/mol. The third-order valence-electron chi connectivity index (χ3n) is 4.37. The molecule has 1 aliphatic rings. The van der Waals surface area contributed by atoms with Crippen molar-refractivity contribution in [1.82, 2.24) is 4.90 Å². The maximum absolute atomic E-state index is 12.0. The van der Waals surface area contributed by atoms with E-state index in [1.54, 1.807) is 0 Å². The van der Waals surface area contributed by atoms with E-state index in [1.807, 2.05) is 0 Å². The van der Waals surface area contributed by atoms with Crippen molar-refractivity contribution in [2.45, 2.75) is 64.1 Å². The fourth-order valence-corrected chi connectivity index (χ4v) is 2.72. The standard InChI is InChI=1S/C20H33NO7/c22-13-3-5-15-27-20(28-16-6-4-14-23)8-2-1-7-17(24)11-12-21-18(25)9-10-19(21)26/h9-10,20,22-23H,1-8,11-16H2. The van der Waals surface area contributed by atoms with E-state index in [2.05, 4.69) is 0 Å². The minimum Gasteiger partial charge on any atom is -0.396 e. The molecule has 0 saturated heterocycles. The molecule has 2 amide bonds. The molecular formula is C20H33NO7. The monoisotopic (exact) mass is 399 g/mol. The van der Waals surface area contributed by atoms with Gasteiger partial charge in [0.25, 0.3) is 11.8 Å². The van der Waals surface area contributed by atoms with E-state index in [0.717, 1.165) is 24.2 Å².